The Bertz CT molecular complexity index is 1110. The minimum atomic E-state index is -3.48. The van der Waals surface area contributed by atoms with Crippen molar-refractivity contribution in [3.63, 3.8) is 0 Å². The van der Waals surface area contributed by atoms with E-state index in [2.05, 4.69) is 15.0 Å². The molecule has 1 N–H and O–H groups in total. The Kier molecular flexibility index (Phi) is 4.92. The Balaban J connectivity index is 2.28. The van der Waals surface area contributed by atoms with Gasteiger partial charge in [-0.25, -0.2) is 22.8 Å². The summed E-state index contributed by atoms with van der Waals surface area (Å²) < 4.78 is 48.2. The molecule has 26 heavy (non-hydrogen) atoms. The van der Waals surface area contributed by atoms with E-state index < -0.39 is 25.2 Å². The van der Waals surface area contributed by atoms with Crippen molar-refractivity contribution in [3.8, 4) is 11.3 Å². The number of rotatable bonds is 5. The molecule has 0 fully saturated rings. The highest BCUT2D eigenvalue weighted by Crippen LogP contribution is 2.30. The van der Waals surface area contributed by atoms with Gasteiger partial charge in [0.05, 0.1) is 22.9 Å². The van der Waals surface area contributed by atoms with Crippen LogP contribution in [0.5, 0.6) is 0 Å². The van der Waals surface area contributed by atoms with E-state index in [0.29, 0.717) is 27.9 Å². The Morgan fingerprint density at radius 3 is 2.62 bits per heavy atom. The molecule has 0 unspecified atom stereocenters. The molecule has 0 saturated carbocycles. The maximum Gasteiger partial charge on any atom is 0.463 e. The normalized spacial score (nSPS) is 12.7. The first-order valence-corrected chi connectivity index (χ1v) is 10.5. The van der Waals surface area contributed by atoms with Crippen molar-refractivity contribution in [2.45, 2.75) is 18.0 Å². The van der Waals surface area contributed by atoms with Gasteiger partial charge in [-0.15, -0.1) is 0 Å². The lowest BCUT2D eigenvalue weighted by Gasteiger charge is -2.16. The number of pyridine rings is 2. The van der Waals surface area contributed by atoms with Gasteiger partial charge in [-0.05, 0) is 43.3 Å². The van der Waals surface area contributed by atoms with E-state index in [1.807, 2.05) is 0 Å². The molecule has 0 amide bonds. The number of halogens is 1. The molecule has 1 aromatic carbocycles. The van der Waals surface area contributed by atoms with Crippen molar-refractivity contribution in [2.75, 3.05) is 6.26 Å². The second-order valence-corrected chi connectivity index (χ2v) is 8.31. The van der Waals surface area contributed by atoms with Crippen LogP contribution in [0.15, 0.2) is 47.5 Å². The Labute approximate surface area is 152 Å². The van der Waals surface area contributed by atoms with Gasteiger partial charge in [-0.1, -0.05) is 6.07 Å². The summed E-state index contributed by atoms with van der Waals surface area (Å²) in [6.45, 7) is 1.78. The Hall–Kier alpha value is -2.52. The number of hydrogen-bond acceptors (Lipinski definition) is 5. The number of benzene rings is 1. The zero-order valence-corrected chi connectivity index (χ0v) is 15.8. The monoisotopic (exact) mass is 388 g/mol. The summed E-state index contributed by atoms with van der Waals surface area (Å²) >= 11 is 0. The van der Waals surface area contributed by atoms with Crippen molar-refractivity contribution >= 4 is 30.3 Å². The topological polar surface area (TPSA) is 89.0 Å². The van der Waals surface area contributed by atoms with Gasteiger partial charge in [0.1, 0.15) is 5.82 Å². The van der Waals surface area contributed by atoms with E-state index in [4.69, 9.17) is 0 Å². The number of nitrogens with zero attached hydrogens (tertiary/aromatic N) is 2. The van der Waals surface area contributed by atoms with Crippen LogP contribution in [-0.4, -0.2) is 34.2 Å². The molecule has 0 aliphatic carbocycles. The molecule has 133 valence electrons. The molecule has 0 bridgehead atoms. The van der Waals surface area contributed by atoms with E-state index in [-0.39, 0.29) is 11.1 Å². The van der Waals surface area contributed by atoms with E-state index in [1.165, 1.54) is 18.2 Å². The summed E-state index contributed by atoms with van der Waals surface area (Å²) in [4.78, 5) is 11.6. The number of aromatic nitrogens is 2. The number of fused-ring (bicyclic) bond motifs is 1. The molecule has 2 heterocycles. The van der Waals surface area contributed by atoms with Crippen LogP contribution in [0.25, 0.3) is 22.2 Å². The van der Waals surface area contributed by atoms with Gasteiger partial charge in [-0.3, -0.25) is 0 Å². The van der Waals surface area contributed by atoms with Gasteiger partial charge in [0, 0.05) is 17.2 Å². The fourth-order valence-electron chi connectivity index (χ4n) is 2.63. The molecule has 3 aromatic rings. The van der Waals surface area contributed by atoms with Crippen LogP contribution >= 0.6 is 0 Å². The third-order valence-electron chi connectivity index (χ3n) is 3.87. The predicted molar refractivity (Wildman–Crippen MR) is 96.0 cm³/mol. The second kappa shape index (κ2) is 7.00. The van der Waals surface area contributed by atoms with Crippen LogP contribution in [0.2, 0.25) is 0 Å². The molecule has 0 spiro atoms. The molecular formula is C17H15FN3O3SSi. The van der Waals surface area contributed by atoms with Crippen LogP contribution in [-0.2, 0) is 14.3 Å². The molecule has 2 aromatic heterocycles. The van der Waals surface area contributed by atoms with E-state index >= 15 is 0 Å². The summed E-state index contributed by atoms with van der Waals surface area (Å²) in [5, 5.41) is 0.499. The van der Waals surface area contributed by atoms with Crippen molar-refractivity contribution in [2.24, 2.45) is 0 Å². The first kappa shape index (κ1) is 18.3. The zero-order chi connectivity index (χ0) is 18.9. The summed E-state index contributed by atoms with van der Waals surface area (Å²) in [6, 6.07) is 10.2. The fourth-order valence-corrected chi connectivity index (χ4v) is 3.53. The molecule has 1 atom stereocenters. The number of hydrogen-bond donors (Lipinski definition) is 1. The van der Waals surface area contributed by atoms with E-state index in [1.54, 1.807) is 31.2 Å². The minimum absolute atomic E-state index is 0.0633. The molecule has 0 aliphatic heterocycles. The average molecular weight is 388 g/mol. The van der Waals surface area contributed by atoms with Crippen LogP contribution in [0.4, 0.5) is 4.39 Å². The lowest BCUT2D eigenvalue weighted by Crippen LogP contribution is -2.19. The first-order valence-electron chi connectivity index (χ1n) is 7.70. The van der Waals surface area contributed by atoms with Crippen molar-refractivity contribution in [1.29, 1.82) is 0 Å². The molecule has 0 saturated heterocycles. The number of nitrogens with one attached hydrogen (secondary N) is 1. The smallest absolute Gasteiger partial charge is 0.379 e. The highest BCUT2D eigenvalue weighted by Gasteiger charge is 2.18. The molecule has 6 nitrogen and oxygen atoms in total. The average Bonchev–Trinajstić information content (AvgIpc) is 2.60. The van der Waals surface area contributed by atoms with Gasteiger partial charge >= 0.3 is 9.57 Å². The second-order valence-electron chi connectivity index (χ2n) is 5.86. The molecule has 1 radical (unpaired) electrons. The molecule has 0 aliphatic rings. The molecular weight excluding hydrogens is 373 g/mol. The summed E-state index contributed by atoms with van der Waals surface area (Å²) in [7, 11) is -4.22. The Morgan fingerprint density at radius 1 is 1.15 bits per heavy atom. The van der Waals surface area contributed by atoms with E-state index in [0.717, 1.165) is 6.26 Å². The van der Waals surface area contributed by atoms with Gasteiger partial charge in [0.15, 0.2) is 14.9 Å². The summed E-state index contributed by atoms with van der Waals surface area (Å²) in [5.41, 5.74) is 2.06. The largest absolute Gasteiger partial charge is 0.463 e. The molecule has 3 rings (SSSR count). The van der Waals surface area contributed by atoms with Crippen molar-refractivity contribution in [3.05, 3.63) is 54.0 Å². The van der Waals surface area contributed by atoms with E-state index in [9.17, 15) is 17.3 Å². The van der Waals surface area contributed by atoms with Crippen LogP contribution in [0.1, 0.15) is 18.7 Å². The number of sulfone groups is 1. The highest BCUT2D eigenvalue weighted by molar-refractivity contribution is 7.90. The molecule has 9 heteroatoms. The zero-order valence-electron chi connectivity index (χ0n) is 14.0. The van der Waals surface area contributed by atoms with Gasteiger partial charge in [-0.2, -0.15) is 0 Å². The Morgan fingerprint density at radius 2 is 1.92 bits per heavy atom. The maximum absolute atomic E-state index is 13.6. The van der Waals surface area contributed by atoms with Gasteiger partial charge in [0.2, 0.25) is 0 Å². The van der Waals surface area contributed by atoms with Gasteiger partial charge < -0.3 is 9.44 Å². The minimum Gasteiger partial charge on any atom is -0.379 e. The summed E-state index contributed by atoms with van der Waals surface area (Å²) in [5.74, 6) is -0.400. The standard InChI is InChI=1S/C17H15FN3O3SSi/c1-10(21-26-24)17-13(9-11-8-12(18)6-7-14(11)20-17)15-4-3-5-16(19-15)25(2,22)23/h3-10,21H,1-2H3/t10-/m0/s1. The predicted octanol–water partition coefficient (Wildman–Crippen LogP) is 2.45. The highest BCUT2D eigenvalue weighted by atomic mass is 32.2. The lowest BCUT2D eigenvalue weighted by atomic mass is 10.0. The third kappa shape index (κ3) is 3.68. The maximum atomic E-state index is 13.6. The quantitative estimate of drug-likeness (QED) is 0.676. The first-order chi connectivity index (χ1) is 12.3. The fraction of sp³-hybridized carbons (Fsp3) is 0.176. The van der Waals surface area contributed by atoms with Crippen LogP contribution < -0.4 is 4.98 Å². The van der Waals surface area contributed by atoms with Gasteiger partial charge in [0.25, 0.3) is 0 Å². The van der Waals surface area contributed by atoms with Crippen LogP contribution in [0.3, 0.4) is 0 Å². The van der Waals surface area contributed by atoms with Crippen molar-refractivity contribution in [1.82, 2.24) is 15.0 Å². The SMILES string of the molecule is C[C@H](N[Si]=O)c1nc2ccc(F)cc2cc1-c1cccc(S(C)(=O)=O)n1. The van der Waals surface area contributed by atoms with Crippen LogP contribution in [0, 0.1) is 5.82 Å². The summed E-state index contributed by atoms with van der Waals surface area (Å²) in [6.07, 6.45) is 1.08. The lowest BCUT2D eigenvalue weighted by molar-refractivity contribution is 0.553. The van der Waals surface area contributed by atoms with Crippen molar-refractivity contribution < 1.29 is 17.3 Å². The third-order valence-corrected chi connectivity index (χ3v) is 5.41.